The first-order valence-corrected chi connectivity index (χ1v) is 21.9. The lowest BCUT2D eigenvalue weighted by Crippen LogP contribution is -2.10. The fraction of sp³-hybridized carbons (Fsp3) is 0. The Kier molecular flexibility index (Phi) is 7.36. The van der Waals surface area contributed by atoms with Crippen LogP contribution in [0.5, 0.6) is 0 Å². The predicted molar refractivity (Wildman–Crippen MR) is 270 cm³/mol. The summed E-state index contributed by atoms with van der Waals surface area (Å²) in [6, 6.07) is 81.6. The van der Waals surface area contributed by atoms with Crippen molar-refractivity contribution in [2.24, 2.45) is 0 Å². The highest BCUT2D eigenvalue weighted by Crippen LogP contribution is 2.47. The van der Waals surface area contributed by atoms with E-state index in [0.717, 1.165) is 55.9 Å². The van der Waals surface area contributed by atoms with Gasteiger partial charge in [-0.15, -0.1) is 0 Å². The third kappa shape index (κ3) is 4.99. The van der Waals surface area contributed by atoms with Gasteiger partial charge < -0.3 is 18.5 Å². The van der Waals surface area contributed by atoms with Crippen LogP contribution in [0, 0.1) is 0 Å². The Labute approximate surface area is 367 Å². The van der Waals surface area contributed by atoms with E-state index in [9.17, 15) is 0 Å². The second-order valence-electron chi connectivity index (χ2n) is 16.8. The van der Waals surface area contributed by atoms with E-state index in [0.29, 0.717) is 0 Å². The van der Waals surface area contributed by atoms with Gasteiger partial charge in [-0.1, -0.05) is 133 Å². The highest BCUT2D eigenvalue weighted by Gasteiger charge is 2.23. The summed E-state index contributed by atoms with van der Waals surface area (Å²) >= 11 is 0. The van der Waals surface area contributed by atoms with Gasteiger partial charge in [-0.05, 0) is 123 Å². The molecule has 0 atom stereocenters. The summed E-state index contributed by atoms with van der Waals surface area (Å²) in [5, 5.41) is 14.5. The van der Waals surface area contributed by atoms with Crippen LogP contribution in [0.3, 0.4) is 0 Å². The first kappa shape index (κ1) is 35.0. The molecule has 0 bridgehead atoms. The quantitative estimate of drug-likeness (QED) is 0.162. The van der Waals surface area contributed by atoms with Crippen molar-refractivity contribution in [3.05, 3.63) is 224 Å². The molecule has 0 aliphatic heterocycles. The van der Waals surface area contributed by atoms with E-state index in [1.54, 1.807) is 0 Å². The van der Waals surface area contributed by atoms with Crippen LogP contribution >= 0.6 is 0 Å². The maximum Gasteiger partial charge on any atom is 0.137 e. The number of hydrogen-bond donors (Lipinski definition) is 0. The smallest absolute Gasteiger partial charge is 0.137 e. The van der Waals surface area contributed by atoms with Gasteiger partial charge in [0.2, 0.25) is 0 Å². The van der Waals surface area contributed by atoms with Crippen molar-refractivity contribution in [2.75, 3.05) is 4.90 Å². The van der Waals surface area contributed by atoms with E-state index < -0.39 is 0 Å². The van der Waals surface area contributed by atoms with E-state index in [-0.39, 0.29) is 0 Å². The molecular weight excluding hydrogens is 779 g/mol. The molecule has 0 unspecified atom stereocenters. The van der Waals surface area contributed by atoms with Crippen molar-refractivity contribution in [2.45, 2.75) is 0 Å². The van der Waals surface area contributed by atoms with Crippen LogP contribution in [-0.4, -0.2) is 9.13 Å². The molecule has 0 saturated carbocycles. The van der Waals surface area contributed by atoms with Crippen LogP contribution < -0.4 is 4.90 Å². The number of para-hydroxylation sites is 4. The van der Waals surface area contributed by atoms with Gasteiger partial charge >= 0.3 is 0 Å². The van der Waals surface area contributed by atoms with E-state index in [2.05, 4.69) is 232 Å². The molecule has 3 aromatic heterocycles. The number of aromatic nitrogens is 2. The van der Waals surface area contributed by atoms with Crippen molar-refractivity contribution in [1.29, 1.82) is 0 Å². The Morgan fingerprint density at radius 2 is 0.750 bits per heavy atom. The minimum absolute atomic E-state index is 0.864. The Bertz CT molecular complexity index is 4170. The molecule has 11 aromatic carbocycles. The fourth-order valence-corrected chi connectivity index (χ4v) is 10.7. The summed E-state index contributed by atoms with van der Waals surface area (Å²) in [5.41, 5.74) is 11.9. The zero-order valence-corrected chi connectivity index (χ0v) is 34.6. The summed E-state index contributed by atoms with van der Waals surface area (Å²) in [4.78, 5) is 2.43. The molecule has 0 saturated heterocycles. The molecule has 298 valence electrons. The van der Waals surface area contributed by atoms with E-state index in [4.69, 9.17) is 4.42 Å². The molecular formula is C60H37N3O. The highest BCUT2D eigenvalue weighted by molar-refractivity contribution is 6.26. The van der Waals surface area contributed by atoms with Gasteiger partial charge in [-0.3, -0.25) is 0 Å². The molecule has 0 aliphatic carbocycles. The highest BCUT2D eigenvalue weighted by atomic mass is 16.3. The van der Waals surface area contributed by atoms with Gasteiger partial charge in [0.25, 0.3) is 0 Å². The topological polar surface area (TPSA) is 26.2 Å². The third-order valence-corrected chi connectivity index (χ3v) is 13.5. The second kappa shape index (κ2) is 13.4. The van der Waals surface area contributed by atoms with Crippen LogP contribution in [0.4, 0.5) is 17.1 Å². The molecule has 14 rings (SSSR count). The average Bonchev–Trinajstić information content (AvgIpc) is 4.02. The van der Waals surface area contributed by atoms with Crippen LogP contribution in [0.1, 0.15) is 0 Å². The lowest BCUT2D eigenvalue weighted by Gasteiger charge is -2.27. The number of rotatable bonds is 5. The summed E-state index contributed by atoms with van der Waals surface area (Å²) in [5.74, 6) is 0. The molecule has 0 radical (unpaired) electrons. The number of anilines is 3. The lowest BCUT2D eigenvalue weighted by atomic mass is 9.94. The minimum atomic E-state index is 0.864. The van der Waals surface area contributed by atoms with E-state index in [1.165, 1.54) is 70.4 Å². The molecule has 0 N–H and O–H groups in total. The molecule has 3 heterocycles. The van der Waals surface area contributed by atoms with Crippen LogP contribution in [-0.2, 0) is 0 Å². The first-order valence-electron chi connectivity index (χ1n) is 21.9. The Balaban J connectivity index is 1.02. The number of benzene rings is 11. The fourth-order valence-electron chi connectivity index (χ4n) is 10.7. The Morgan fingerprint density at radius 1 is 0.281 bits per heavy atom. The molecule has 0 amide bonds. The van der Waals surface area contributed by atoms with Crippen LogP contribution in [0.25, 0.3) is 109 Å². The Morgan fingerprint density at radius 3 is 1.44 bits per heavy atom. The van der Waals surface area contributed by atoms with Crippen molar-refractivity contribution in [3.63, 3.8) is 0 Å². The molecule has 64 heavy (non-hydrogen) atoms. The second-order valence-corrected chi connectivity index (χ2v) is 16.8. The third-order valence-electron chi connectivity index (χ3n) is 13.5. The standard InChI is InChI=1S/C60H37N3O/c1-2-15-38(16-3-1)62-53-24-11-8-21-47(53)52-37-41(31-34-55(52)62)63-54-25-12-9-22-48(54)51-36-40(30-33-56(51)63)61(57-26-14-28-59-60(57)49-23-10-13-27-58(49)64-59)39-29-32-46-44-19-5-4-17-42(44)43-18-6-7-20-45(43)50(46)35-39/h1-37H. The summed E-state index contributed by atoms with van der Waals surface area (Å²) in [6.07, 6.45) is 0. The maximum absolute atomic E-state index is 6.52. The lowest BCUT2D eigenvalue weighted by molar-refractivity contribution is 0.669. The average molecular weight is 816 g/mol. The number of furan rings is 1. The van der Waals surface area contributed by atoms with Crippen LogP contribution in [0.15, 0.2) is 229 Å². The molecule has 14 aromatic rings. The number of fused-ring (bicyclic) bond motifs is 15. The Hall–Kier alpha value is -8.60. The molecule has 0 spiro atoms. The normalized spacial score (nSPS) is 12.1. The molecule has 0 fully saturated rings. The molecule has 4 nitrogen and oxygen atoms in total. The van der Waals surface area contributed by atoms with Gasteiger partial charge in [0.15, 0.2) is 0 Å². The maximum atomic E-state index is 6.52. The largest absolute Gasteiger partial charge is 0.456 e. The van der Waals surface area contributed by atoms with Crippen molar-refractivity contribution in [3.8, 4) is 11.4 Å². The number of nitrogens with zero attached hydrogens (tertiary/aromatic N) is 3. The van der Waals surface area contributed by atoms with Crippen molar-refractivity contribution < 1.29 is 4.42 Å². The van der Waals surface area contributed by atoms with E-state index in [1.807, 2.05) is 6.07 Å². The van der Waals surface area contributed by atoms with Crippen LogP contribution in [0.2, 0.25) is 0 Å². The molecule has 0 aliphatic rings. The van der Waals surface area contributed by atoms with Crippen molar-refractivity contribution in [1.82, 2.24) is 9.13 Å². The monoisotopic (exact) mass is 815 g/mol. The van der Waals surface area contributed by atoms with Gasteiger partial charge in [0.1, 0.15) is 11.2 Å². The first-order chi connectivity index (χ1) is 31.8. The summed E-state index contributed by atoms with van der Waals surface area (Å²) < 4.78 is 11.3. The van der Waals surface area contributed by atoms with Gasteiger partial charge in [0, 0.05) is 49.7 Å². The number of hydrogen-bond acceptors (Lipinski definition) is 2. The van der Waals surface area contributed by atoms with Gasteiger partial charge in [-0.25, -0.2) is 0 Å². The van der Waals surface area contributed by atoms with Gasteiger partial charge in [-0.2, -0.15) is 0 Å². The molecule has 4 heteroatoms. The van der Waals surface area contributed by atoms with Crippen molar-refractivity contribution >= 4 is 115 Å². The van der Waals surface area contributed by atoms with E-state index >= 15 is 0 Å². The summed E-state index contributed by atoms with van der Waals surface area (Å²) in [6.45, 7) is 0. The predicted octanol–water partition coefficient (Wildman–Crippen LogP) is 16.7. The minimum Gasteiger partial charge on any atom is -0.456 e. The van der Waals surface area contributed by atoms with Gasteiger partial charge in [0.05, 0.1) is 33.1 Å². The zero-order valence-electron chi connectivity index (χ0n) is 34.6. The summed E-state index contributed by atoms with van der Waals surface area (Å²) in [7, 11) is 0. The SMILES string of the molecule is c1ccc(-n2c3ccccc3c3cc(-n4c5ccccc5c5cc(N(c6ccc7c8ccccc8c8ccccc8c7c6)c6cccc7oc8ccccc8c67)ccc54)ccc32)cc1. The zero-order chi connectivity index (χ0) is 41.9.